The van der Waals surface area contributed by atoms with Gasteiger partial charge in [0, 0.05) is 31.2 Å². The summed E-state index contributed by atoms with van der Waals surface area (Å²) in [7, 11) is 0. The Morgan fingerprint density at radius 2 is 1.88 bits per heavy atom. The summed E-state index contributed by atoms with van der Waals surface area (Å²) in [6.07, 6.45) is 0.615. The average Bonchev–Trinajstić information content (AvgIpc) is 3.37. The van der Waals surface area contributed by atoms with Gasteiger partial charge in [-0.15, -0.1) is 0 Å². The van der Waals surface area contributed by atoms with Crippen LogP contribution in [0.4, 0.5) is 5.69 Å². The molecular formula is C17H21Cl2N3O2. The van der Waals surface area contributed by atoms with Gasteiger partial charge in [0.1, 0.15) is 0 Å². The topological polar surface area (TPSA) is 52.7 Å². The molecule has 5 nitrogen and oxygen atoms in total. The maximum absolute atomic E-state index is 12.5. The summed E-state index contributed by atoms with van der Waals surface area (Å²) in [5.74, 6) is -0.490. The minimum absolute atomic E-state index is 0.105. The summed E-state index contributed by atoms with van der Waals surface area (Å²) in [5, 5.41) is 3.71. The van der Waals surface area contributed by atoms with Crippen LogP contribution in [0.25, 0.3) is 0 Å². The highest BCUT2D eigenvalue weighted by Gasteiger charge is 2.49. The molecular weight excluding hydrogens is 349 g/mol. The van der Waals surface area contributed by atoms with Gasteiger partial charge in [0.05, 0.1) is 22.5 Å². The number of piperazine rings is 1. The largest absolute Gasteiger partial charge is 0.340 e. The van der Waals surface area contributed by atoms with Gasteiger partial charge in [-0.1, -0.05) is 30.1 Å². The van der Waals surface area contributed by atoms with Crippen LogP contribution in [-0.2, 0) is 9.59 Å². The Morgan fingerprint density at radius 1 is 1.17 bits per heavy atom. The smallest absolute Gasteiger partial charge is 0.228 e. The Morgan fingerprint density at radius 3 is 2.50 bits per heavy atom. The van der Waals surface area contributed by atoms with Crippen LogP contribution >= 0.6 is 23.2 Å². The molecule has 2 atom stereocenters. The minimum atomic E-state index is -0.256. The van der Waals surface area contributed by atoms with Gasteiger partial charge in [-0.3, -0.25) is 9.59 Å². The Labute approximate surface area is 151 Å². The number of hydrogen-bond acceptors (Lipinski definition) is 3. The molecule has 0 bridgehead atoms. The van der Waals surface area contributed by atoms with E-state index in [1.54, 1.807) is 18.2 Å². The van der Waals surface area contributed by atoms with Crippen LogP contribution in [0.2, 0.25) is 10.0 Å². The van der Waals surface area contributed by atoms with Gasteiger partial charge in [0.25, 0.3) is 0 Å². The zero-order chi connectivity index (χ0) is 17.3. The number of amides is 2. The van der Waals surface area contributed by atoms with Gasteiger partial charge >= 0.3 is 0 Å². The maximum atomic E-state index is 12.5. The molecule has 1 heterocycles. The number of halogens is 2. The van der Waals surface area contributed by atoms with Crippen LogP contribution < -0.4 is 5.32 Å². The van der Waals surface area contributed by atoms with E-state index in [-0.39, 0.29) is 23.7 Å². The molecule has 1 aromatic rings. The molecule has 0 aromatic heterocycles. The molecule has 1 aliphatic heterocycles. The monoisotopic (exact) mass is 369 g/mol. The van der Waals surface area contributed by atoms with Gasteiger partial charge in [0.2, 0.25) is 11.8 Å². The summed E-state index contributed by atoms with van der Waals surface area (Å²) in [6.45, 7) is 6.46. The fraction of sp³-hybridized carbons (Fsp3) is 0.529. The number of benzene rings is 1. The molecule has 24 heavy (non-hydrogen) atoms. The van der Waals surface area contributed by atoms with Crippen LogP contribution in [0, 0.1) is 11.8 Å². The first-order chi connectivity index (χ1) is 11.5. The van der Waals surface area contributed by atoms with Crippen molar-refractivity contribution < 1.29 is 9.59 Å². The second kappa shape index (κ2) is 7.30. The van der Waals surface area contributed by atoms with E-state index in [1.807, 2.05) is 4.90 Å². The van der Waals surface area contributed by atoms with Crippen molar-refractivity contribution in [3.8, 4) is 0 Å². The zero-order valence-electron chi connectivity index (χ0n) is 13.6. The number of anilines is 1. The normalized spacial score (nSPS) is 23.9. The molecule has 2 amide bonds. The zero-order valence-corrected chi connectivity index (χ0v) is 15.1. The summed E-state index contributed by atoms with van der Waals surface area (Å²) in [5.41, 5.74) is 0.528. The Kier molecular flexibility index (Phi) is 5.33. The quantitative estimate of drug-likeness (QED) is 0.887. The fourth-order valence-electron chi connectivity index (χ4n) is 3.09. The van der Waals surface area contributed by atoms with E-state index in [4.69, 9.17) is 23.2 Å². The lowest BCUT2D eigenvalue weighted by molar-refractivity contribution is -0.135. The molecule has 2 fully saturated rings. The van der Waals surface area contributed by atoms with Gasteiger partial charge in [0.15, 0.2) is 0 Å². The highest BCUT2D eigenvalue weighted by molar-refractivity contribution is 6.36. The molecule has 1 saturated heterocycles. The molecule has 0 spiro atoms. The molecule has 2 aliphatic rings. The van der Waals surface area contributed by atoms with Gasteiger partial charge < -0.3 is 15.1 Å². The lowest BCUT2D eigenvalue weighted by atomic mass is 10.2. The highest BCUT2D eigenvalue weighted by atomic mass is 35.5. The third kappa shape index (κ3) is 3.85. The standard InChI is InChI=1S/C17H21Cl2N3O2/c1-2-21-5-7-22(8-6-21)17(24)13-10-12(13)16(23)20-15-4-3-11(18)9-14(15)19/h3-4,9,12-13H,2,5-8,10H2,1H3,(H,20,23). The van der Waals surface area contributed by atoms with Crippen LogP contribution in [0.1, 0.15) is 13.3 Å². The summed E-state index contributed by atoms with van der Waals surface area (Å²) < 4.78 is 0. The number of rotatable bonds is 4. The van der Waals surface area contributed by atoms with Crippen LogP contribution in [-0.4, -0.2) is 54.3 Å². The van der Waals surface area contributed by atoms with Crippen LogP contribution in [0.5, 0.6) is 0 Å². The second-order valence-corrected chi connectivity index (χ2v) is 7.17. The third-order valence-corrected chi connectivity index (χ3v) is 5.31. The lowest BCUT2D eigenvalue weighted by Crippen LogP contribution is -2.49. The average molecular weight is 370 g/mol. The molecule has 3 rings (SSSR count). The Hall–Kier alpha value is -1.30. The third-order valence-electron chi connectivity index (χ3n) is 4.76. The van der Waals surface area contributed by atoms with Crippen molar-refractivity contribution >= 4 is 40.7 Å². The van der Waals surface area contributed by atoms with E-state index in [9.17, 15) is 9.59 Å². The van der Waals surface area contributed by atoms with E-state index in [2.05, 4.69) is 17.1 Å². The Balaban J connectivity index is 1.53. The van der Waals surface area contributed by atoms with E-state index in [0.29, 0.717) is 22.2 Å². The van der Waals surface area contributed by atoms with Crippen molar-refractivity contribution in [1.82, 2.24) is 9.80 Å². The predicted molar refractivity (Wildman–Crippen MR) is 95.4 cm³/mol. The van der Waals surface area contributed by atoms with Gasteiger partial charge in [-0.2, -0.15) is 0 Å². The van der Waals surface area contributed by atoms with Crippen molar-refractivity contribution in [3.63, 3.8) is 0 Å². The first kappa shape index (κ1) is 17.5. The van der Waals surface area contributed by atoms with Crippen molar-refractivity contribution in [1.29, 1.82) is 0 Å². The summed E-state index contributed by atoms with van der Waals surface area (Å²) in [6, 6.07) is 4.93. The van der Waals surface area contributed by atoms with Crippen molar-refractivity contribution in [3.05, 3.63) is 28.2 Å². The molecule has 1 saturated carbocycles. The van der Waals surface area contributed by atoms with E-state index in [0.717, 1.165) is 32.7 Å². The first-order valence-corrected chi connectivity index (χ1v) is 9.02. The second-order valence-electron chi connectivity index (χ2n) is 6.32. The number of carbonyl (C=O) groups excluding carboxylic acids is 2. The summed E-state index contributed by atoms with van der Waals surface area (Å²) >= 11 is 11.9. The highest BCUT2D eigenvalue weighted by Crippen LogP contribution is 2.41. The van der Waals surface area contributed by atoms with Crippen LogP contribution in [0.15, 0.2) is 18.2 Å². The van der Waals surface area contributed by atoms with Gasteiger partial charge in [-0.05, 0) is 31.2 Å². The number of hydrogen-bond donors (Lipinski definition) is 1. The van der Waals surface area contributed by atoms with E-state index >= 15 is 0 Å². The molecule has 1 aliphatic carbocycles. The van der Waals surface area contributed by atoms with Crippen molar-refractivity contribution in [2.75, 3.05) is 38.0 Å². The summed E-state index contributed by atoms with van der Waals surface area (Å²) in [4.78, 5) is 29.1. The van der Waals surface area contributed by atoms with Gasteiger partial charge in [-0.25, -0.2) is 0 Å². The SMILES string of the molecule is CCN1CCN(C(=O)C2CC2C(=O)Nc2ccc(Cl)cc2Cl)CC1. The maximum Gasteiger partial charge on any atom is 0.228 e. The van der Waals surface area contributed by atoms with Crippen molar-refractivity contribution in [2.24, 2.45) is 11.8 Å². The van der Waals surface area contributed by atoms with E-state index < -0.39 is 0 Å². The first-order valence-electron chi connectivity index (χ1n) is 8.26. The number of nitrogens with one attached hydrogen (secondary N) is 1. The minimum Gasteiger partial charge on any atom is -0.340 e. The number of likely N-dealkylation sites (N-methyl/N-ethyl adjacent to an activating group) is 1. The molecule has 1 aromatic carbocycles. The number of nitrogens with zero attached hydrogens (tertiary/aromatic N) is 2. The van der Waals surface area contributed by atoms with E-state index in [1.165, 1.54) is 0 Å². The van der Waals surface area contributed by atoms with Crippen LogP contribution in [0.3, 0.4) is 0 Å². The molecule has 1 N–H and O–H groups in total. The fourth-order valence-corrected chi connectivity index (χ4v) is 3.55. The Bertz CT molecular complexity index is 645. The molecule has 130 valence electrons. The molecule has 2 unspecified atom stereocenters. The molecule has 0 radical (unpaired) electrons. The molecule has 7 heteroatoms. The predicted octanol–water partition coefficient (Wildman–Crippen LogP) is 2.73. The lowest BCUT2D eigenvalue weighted by Gasteiger charge is -2.34. The van der Waals surface area contributed by atoms with Crippen molar-refractivity contribution in [2.45, 2.75) is 13.3 Å². The number of carbonyl (C=O) groups is 2.